The molecule has 0 N–H and O–H groups in total. The van der Waals surface area contributed by atoms with Gasteiger partial charge in [0.15, 0.2) is 0 Å². The predicted molar refractivity (Wildman–Crippen MR) is 42.3 cm³/mol. The third-order valence-electron chi connectivity index (χ3n) is 1.97. The second-order valence-corrected chi connectivity index (χ2v) is 4.26. The van der Waals surface area contributed by atoms with E-state index in [2.05, 4.69) is 0 Å². The van der Waals surface area contributed by atoms with Gasteiger partial charge in [0.25, 0.3) is 5.24 Å². The molecule has 1 heterocycles. The van der Waals surface area contributed by atoms with E-state index in [1.54, 1.807) is 6.92 Å². The van der Waals surface area contributed by atoms with Gasteiger partial charge >= 0.3 is 0 Å². The SMILES string of the molecule is CC1SC(=O)N(C2CC2)C1=O. The summed E-state index contributed by atoms with van der Waals surface area (Å²) in [6, 6.07) is 0.243. The first kappa shape index (κ1) is 7.16. The fourth-order valence-corrected chi connectivity index (χ4v) is 2.08. The minimum absolute atomic E-state index is 0.00231. The summed E-state index contributed by atoms with van der Waals surface area (Å²) in [5.41, 5.74) is 0. The lowest BCUT2D eigenvalue weighted by Crippen LogP contribution is -2.32. The van der Waals surface area contributed by atoms with Crippen molar-refractivity contribution in [3.63, 3.8) is 0 Å². The zero-order valence-corrected chi connectivity index (χ0v) is 7.06. The van der Waals surface area contributed by atoms with Gasteiger partial charge in [-0.25, -0.2) is 0 Å². The molecule has 1 saturated carbocycles. The van der Waals surface area contributed by atoms with Crippen molar-refractivity contribution in [1.29, 1.82) is 0 Å². The number of thioether (sulfide) groups is 1. The van der Waals surface area contributed by atoms with Gasteiger partial charge in [-0.1, -0.05) is 11.8 Å². The normalized spacial score (nSPS) is 31.7. The molecule has 2 rings (SSSR count). The van der Waals surface area contributed by atoms with Crippen LogP contribution in [0, 0.1) is 0 Å². The fourth-order valence-electron chi connectivity index (χ4n) is 1.21. The van der Waals surface area contributed by atoms with Crippen LogP contribution in [-0.4, -0.2) is 27.3 Å². The van der Waals surface area contributed by atoms with Crippen molar-refractivity contribution >= 4 is 22.9 Å². The zero-order valence-electron chi connectivity index (χ0n) is 6.24. The molecule has 1 aliphatic carbocycles. The van der Waals surface area contributed by atoms with Crippen LogP contribution in [0.4, 0.5) is 4.79 Å². The Morgan fingerprint density at radius 1 is 1.45 bits per heavy atom. The second kappa shape index (κ2) is 2.24. The molecule has 0 aromatic rings. The largest absolute Gasteiger partial charge is 0.289 e. The van der Waals surface area contributed by atoms with Crippen LogP contribution in [0.2, 0.25) is 0 Å². The van der Waals surface area contributed by atoms with Crippen LogP contribution in [0.25, 0.3) is 0 Å². The number of carbonyl (C=O) groups excluding carboxylic acids is 2. The molecule has 0 aromatic heterocycles. The van der Waals surface area contributed by atoms with E-state index in [9.17, 15) is 9.59 Å². The first-order chi connectivity index (χ1) is 5.20. The van der Waals surface area contributed by atoms with Gasteiger partial charge < -0.3 is 0 Å². The lowest BCUT2D eigenvalue weighted by atomic mass is 10.4. The number of amides is 2. The Kier molecular flexibility index (Phi) is 1.45. The maximum Gasteiger partial charge on any atom is 0.289 e. The van der Waals surface area contributed by atoms with Gasteiger partial charge in [-0.3, -0.25) is 14.5 Å². The summed E-state index contributed by atoms with van der Waals surface area (Å²) in [5, 5.41) is -0.201. The zero-order chi connectivity index (χ0) is 8.01. The summed E-state index contributed by atoms with van der Waals surface area (Å²) in [6.45, 7) is 1.78. The van der Waals surface area contributed by atoms with E-state index in [0.29, 0.717) is 0 Å². The molecule has 1 aliphatic heterocycles. The lowest BCUT2D eigenvalue weighted by Gasteiger charge is -2.10. The third kappa shape index (κ3) is 1.05. The van der Waals surface area contributed by atoms with Gasteiger partial charge in [0.05, 0.1) is 5.25 Å². The molecular formula is C7H9NO2S. The predicted octanol–water partition coefficient (Wildman–Crippen LogP) is 1.23. The van der Waals surface area contributed by atoms with Crippen molar-refractivity contribution in [3.8, 4) is 0 Å². The molecule has 2 fully saturated rings. The highest BCUT2D eigenvalue weighted by Gasteiger charge is 2.44. The van der Waals surface area contributed by atoms with Gasteiger partial charge in [0.2, 0.25) is 5.91 Å². The summed E-state index contributed by atoms with van der Waals surface area (Å²) in [7, 11) is 0. The molecule has 0 spiro atoms. The van der Waals surface area contributed by atoms with E-state index in [1.165, 1.54) is 4.90 Å². The van der Waals surface area contributed by atoms with Gasteiger partial charge in [-0.2, -0.15) is 0 Å². The van der Waals surface area contributed by atoms with Crippen LogP contribution in [0.1, 0.15) is 19.8 Å². The van der Waals surface area contributed by atoms with Crippen LogP contribution in [0.15, 0.2) is 0 Å². The molecule has 3 nitrogen and oxygen atoms in total. The van der Waals surface area contributed by atoms with Crippen LogP contribution in [-0.2, 0) is 4.79 Å². The van der Waals surface area contributed by atoms with Crippen molar-refractivity contribution < 1.29 is 9.59 Å². The lowest BCUT2D eigenvalue weighted by molar-refractivity contribution is -0.126. The molecule has 1 unspecified atom stereocenters. The van der Waals surface area contributed by atoms with E-state index < -0.39 is 0 Å². The highest BCUT2D eigenvalue weighted by Crippen LogP contribution is 2.36. The minimum Gasteiger partial charge on any atom is -0.273 e. The number of rotatable bonds is 1. The fraction of sp³-hybridized carbons (Fsp3) is 0.714. The molecule has 4 heteroatoms. The molecule has 1 atom stereocenters. The molecule has 0 bridgehead atoms. The monoisotopic (exact) mass is 171 g/mol. The Balaban J connectivity index is 2.17. The number of hydrogen-bond donors (Lipinski definition) is 0. The van der Waals surface area contributed by atoms with Crippen molar-refractivity contribution in [2.45, 2.75) is 31.1 Å². The molecular weight excluding hydrogens is 162 g/mol. The van der Waals surface area contributed by atoms with Crippen LogP contribution in [0.5, 0.6) is 0 Å². The number of carbonyl (C=O) groups is 2. The van der Waals surface area contributed by atoms with E-state index in [0.717, 1.165) is 24.6 Å². The highest BCUT2D eigenvalue weighted by molar-refractivity contribution is 8.15. The standard InChI is InChI=1S/C7H9NO2S/c1-4-6(9)8(5-2-3-5)7(10)11-4/h4-5H,2-3H2,1H3. The van der Waals surface area contributed by atoms with Gasteiger partial charge in [0, 0.05) is 6.04 Å². The Labute approximate surface area is 69.1 Å². The topological polar surface area (TPSA) is 37.4 Å². The molecule has 0 aromatic carbocycles. The first-order valence-electron chi connectivity index (χ1n) is 3.74. The van der Waals surface area contributed by atoms with Crippen LogP contribution < -0.4 is 0 Å². The molecule has 1 saturated heterocycles. The summed E-state index contributed by atoms with van der Waals surface area (Å²) in [4.78, 5) is 23.9. The van der Waals surface area contributed by atoms with Crippen LogP contribution in [0.3, 0.4) is 0 Å². The van der Waals surface area contributed by atoms with E-state index >= 15 is 0 Å². The van der Waals surface area contributed by atoms with Crippen molar-refractivity contribution in [2.24, 2.45) is 0 Å². The van der Waals surface area contributed by atoms with Gasteiger partial charge in [-0.05, 0) is 19.8 Å². The number of hydrogen-bond acceptors (Lipinski definition) is 3. The van der Waals surface area contributed by atoms with Crippen molar-refractivity contribution in [3.05, 3.63) is 0 Å². The number of nitrogens with zero attached hydrogens (tertiary/aromatic N) is 1. The van der Waals surface area contributed by atoms with E-state index in [1.807, 2.05) is 0 Å². The first-order valence-corrected chi connectivity index (χ1v) is 4.62. The maximum atomic E-state index is 11.3. The summed E-state index contributed by atoms with van der Waals surface area (Å²) in [6.07, 6.45) is 2.01. The third-order valence-corrected chi connectivity index (χ3v) is 2.93. The molecule has 0 radical (unpaired) electrons. The minimum atomic E-state index is -0.150. The average molecular weight is 171 g/mol. The summed E-state index contributed by atoms with van der Waals surface area (Å²) < 4.78 is 0. The molecule has 60 valence electrons. The van der Waals surface area contributed by atoms with E-state index in [-0.39, 0.29) is 22.4 Å². The Hall–Kier alpha value is -0.510. The molecule has 2 aliphatic rings. The quantitative estimate of drug-likeness (QED) is 0.595. The summed E-state index contributed by atoms with van der Waals surface area (Å²) >= 11 is 1.14. The smallest absolute Gasteiger partial charge is 0.273 e. The molecule has 2 amide bonds. The maximum absolute atomic E-state index is 11.3. The number of imide groups is 1. The Morgan fingerprint density at radius 3 is 2.45 bits per heavy atom. The Morgan fingerprint density at radius 2 is 2.09 bits per heavy atom. The molecule has 11 heavy (non-hydrogen) atoms. The average Bonchev–Trinajstić information content (AvgIpc) is 2.68. The van der Waals surface area contributed by atoms with Crippen molar-refractivity contribution in [1.82, 2.24) is 4.90 Å². The second-order valence-electron chi connectivity index (χ2n) is 2.97. The Bertz CT molecular complexity index is 224. The summed E-state index contributed by atoms with van der Waals surface area (Å²) in [5.74, 6) is 0.00231. The van der Waals surface area contributed by atoms with E-state index in [4.69, 9.17) is 0 Å². The van der Waals surface area contributed by atoms with Gasteiger partial charge in [-0.15, -0.1) is 0 Å². The highest BCUT2D eigenvalue weighted by atomic mass is 32.2. The van der Waals surface area contributed by atoms with Gasteiger partial charge in [0.1, 0.15) is 0 Å². The van der Waals surface area contributed by atoms with Crippen molar-refractivity contribution in [2.75, 3.05) is 0 Å². The van der Waals surface area contributed by atoms with Crippen LogP contribution >= 0.6 is 11.8 Å².